The Morgan fingerprint density at radius 3 is 2.70 bits per heavy atom. The highest BCUT2D eigenvalue weighted by Crippen LogP contribution is 2.37. The van der Waals surface area contributed by atoms with E-state index in [0.29, 0.717) is 11.4 Å². The van der Waals surface area contributed by atoms with Gasteiger partial charge in [-0.05, 0) is 30.5 Å². The molecule has 4 nitrogen and oxygen atoms in total. The molecule has 2 heterocycles. The van der Waals surface area contributed by atoms with Crippen LogP contribution in [0.15, 0.2) is 52.3 Å². The molecular formula is C22H20N2O2S. The number of aromatic hydroxyl groups is 1. The fourth-order valence-electron chi connectivity index (χ4n) is 3.25. The Labute approximate surface area is 161 Å². The molecule has 4 rings (SSSR count). The molecule has 1 aliphatic rings. The SMILES string of the molecule is CCc1cccc2c1N=C/C2=C\c1sc(=O)n(Cc2ccc(C)cc2)c1O. The molecule has 0 unspecified atom stereocenters. The smallest absolute Gasteiger partial charge is 0.310 e. The number of aromatic nitrogens is 1. The normalized spacial score (nSPS) is 14.1. The molecule has 2 aromatic carbocycles. The Bertz CT molecular complexity index is 1120. The van der Waals surface area contributed by atoms with Crippen LogP contribution >= 0.6 is 11.3 Å². The Balaban J connectivity index is 1.69. The lowest BCUT2D eigenvalue weighted by Gasteiger charge is -2.05. The maximum atomic E-state index is 12.4. The van der Waals surface area contributed by atoms with Crippen LogP contribution in [0.4, 0.5) is 5.69 Å². The van der Waals surface area contributed by atoms with E-state index in [9.17, 15) is 9.90 Å². The molecule has 0 fully saturated rings. The first-order valence-corrected chi connectivity index (χ1v) is 9.74. The quantitative estimate of drug-likeness (QED) is 0.712. The average Bonchev–Trinajstić information content (AvgIpc) is 3.20. The first-order chi connectivity index (χ1) is 13.1. The Kier molecular flexibility index (Phi) is 4.54. The zero-order chi connectivity index (χ0) is 19.0. The Hall–Kier alpha value is -2.92. The van der Waals surface area contributed by atoms with Crippen molar-refractivity contribution in [1.29, 1.82) is 0 Å². The van der Waals surface area contributed by atoms with Gasteiger partial charge in [-0.1, -0.05) is 66.3 Å². The van der Waals surface area contributed by atoms with E-state index >= 15 is 0 Å². The van der Waals surface area contributed by atoms with Gasteiger partial charge in [-0.2, -0.15) is 0 Å². The zero-order valence-corrected chi connectivity index (χ0v) is 16.1. The number of fused-ring (bicyclic) bond motifs is 1. The molecule has 0 radical (unpaired) electrons. The summed E-state index contributed by atoms with van der Waals surface area (Å²) < 4.78 is 1.41. The Morgan fingerprint density at radius 2 is 1.96 bits per heavy atom. The van der Waals surface area contributed by atoms with Gasteiger partial charge >= 0.3 is 4.87 Å². The highest BCUT2D eigenvalue weighted by Gasteiger charge is 2.18. The van der Waals surface area contributed by atoms with E-state index < -0.39 is 0 Å². The van der Waals surface area contributed by atoms with E-state index in [1.807, 2.05) is 49.4 Å². The van der Waals surface area contributed by atoms with Crippen molar-refractivity contribution in [1.82, 2.24) is 4.57 Å². The molecule has 1 aromatic heterocycles. The molecule has 0 spiro atoms. The third-order valence-electron chi connectivity index (χ3n) is 4.79. The number of nitrogens with zero attached hydrogens (tertiary/aromatic N) is 2. The van der Waals surface area contributed by atoms with Crippen LogP contribution in [0.3, 0.4) is 0 Å². The summed E-state index contributed by atoms with van der Waals surface area (Å²) in [5.74, 6) is 0.00608. The second kappa shape index (κ2) is 7.00. The van der Waals surface area contributed by atoms with E-state index in [4.69, 9.17) is 0 Å². The van der Waals surface area contributed by atoms with Crippen molar-refractivity contribution in [2.45, 2.75) is 26.8 Å². The number of allylic oxidation sites excluding steroid dienone is 1. The predicted octanol–water partition coefficient (Wildman–Crippen LogP) is 4.79. The van der Waals surface area contributed by atoms with Crippen LogP contribution in [0.5, 0.6) is 5.88 Å². The molecular weight excluding hydrogens is 356 g/mol. The topological polar surface area (TPSA) is 54.6 Å². The lowest BCUT2D eigenvalue weighted by molar-refractivity contribution is 0.420. The molecule has 0 saturated carbocycles. The molecule has 5 heteroatoms. The molecule has 1 N–H and O–H groups in total. The summed E-state index contributed by atoms with van der Waals surface area (Å²) >= 11 is 1.05. The predicted molar refractivity (Wildman–Crippen MR) is 112 cm³/mol. The summed E-state index contributed by atoms with van der Waals surface area (Å²) in [7, 11) is 0. The van der Waals surface area contributed by atoms with Crippen molar-refractivity contribution in [3.05, 3.63) is 79.3 Å². The standard InChI is InChI=1S/C22H20N2O2S/c1-3-16-5-4-6-18-17(12-23-20(16)18)11-19-21(25)24(22(26)27-19)13-15-9-7-14(2)8-10-15/h4-12,25H,3,13H2,1-2H3/b17-11+. The van der Waals surface area contributed by atoms with Gasteiger partial charge in [0.05, 0.1) is 17.1 Å². The van der Waals surface area contributed by atoms with Crippen molar-refractivity contribution < 1.29 is 5.11 Å². The summed E-state index contributed by atoms with van der Waals surface area (Å²) in [5, 5.41) is 10.6. The van der Waals surface area contributed by atoms with Gasteiger partial charge in [0.15, 0.2) is 0 Å². The van der Waals surface area contributed by atoms with Gasteiger partial charge in [0, 0.05) is 17.4 Å². The van der Waals surface area contributed by atoms with Crippen LogP contribution in [-0.4, -0.2) is 15.9 Å². The summed E-state index contributed by atoms with van der Waals surface area (Å²) in [6, 6.07) is 14.1. The van der Waals surface area contributed by atoms with Crippen LogP contribution in [0.2, 0.25) is 0 Å². The van der Waals surface area contributed by atoms with Crippen LogP contribution in [0.1, 0.15) is 34.1 Å². The number of para-hydroxylation sites is 1. The van der Waals surface area contributed by atoms with Gasteiger partial charge in [-0.25, -0.2) is 0 Å². The Morgan fingerprint density at radius 1 is 1.19 bits per heavy atom. The van der Waals surface area contributed by atoms with Crippen LogP contribution in [0.25, 0.3) is 11.6 Å². The van der Waals surface area contributed by atoms with Crippen molar-refractivity contribution in [2.75, 3.05) is 0 Å². The van der Waals surface area contributed by atoms with Crippen molar-refractivity contribution in [3.63, 3.8) is 0 Å². The number of hydrogen-bond acceptors (Lipinski definition) is 4. The first kappa shape index (κ1) is 17.5. The van der Waals surface area contributed by atoms with E-state index in [0.717, 1.165) is 45.7 Å². The van der Waals surface area contributed by atoms with Gasteiger partial charge in [-0.3, -0.25) is 14.4 Å². The third kappa shape index (κ3) is 3.26. The van der Waals surface area contributed by atoms with Crippen LogP contribution < -0.4 is 4.87 Å². The van der Waals surface area contributed by atoms with Gasteiger partial charge < -0.3 is 5.11 Å². The van der Waals surface area contributed by atoms with E-state index in [-0.39, 0.29) is 10.8 Å². The molecule has 0 aliphatic carbocycles. The van der Waals surface area contributed by atoms with Gasteiger partial charge in [0.2, 0.25) is 5.88 Å². The molecule has 3 aromatic rings. The highest BCUT2D eigenvalue weighted by atomic mass is 32.1. The number of hydrogen-bond donors (Lipinski definition) is 1. The first-order valence-electron chi connectivity index (χ1n) is 8.93. The molecule has 0 atom stereocenters. The highest BCUT2D eigenvalue weighted by molar-refractivity contribution is 7.10. The average molecular weight is 376 g/mol. The summed E-state index contributed by atoms with van der Waals surface area (Å²) in [6.45, 7) is 4.48. The number of rotatable bonds is 4. The minimum Gasteiger partial charge on any atom is -0.493 e. The maximum absolute atomic E-state index is 12.4. The third-order valence-corrected chi connectivity index (χ3v) is 5.70. The van der Waals surface area contributed by atoms with E-state index in [2.05, 4.69) is 18.0 Å². The fourth-order valence-corrected chi connectivity index (χ4v) is 4.08. The number of aliphatic imine (C=N–C) groups is 1. The minimum absolute atomic E-state index is 0.00608. The van der Waals surface area contributed by atoms with Crippen LogP contribution in [0, 0.1) is 6.92 Å². The monoisotopic (exact) mass is 376 g/mol. The maximum Gasteiger partial charge on any atom is 0.310 e. The molecule has 0 saturated heterocycles. The molecule has 0 amide bonds. The summed E-state index contributed by atoms with van der Waals surface area (Å²) in [4.78, 5) is 17.3. The summed E-state index contributed by atoms with van der Waals surface area (Å²) in [6.07, 6.45) is 4.57. The van der Waals surface area contributed by atoms with Gasteiger partial charge in [-0.15, -0.1) is 0 Å². The number of aryl methyl sites for hydroxylation is 2. The van der Waals surface area contributed by atoms with Crippen molar-refractivity contribution >= 4 is 34.9 Å². The van der Waals surface area contributed by atoms with Gasteiger partial charge in [0.25, 0.3) is 0 Å². The van der Waals surface area contributed by atoms with Gasteiger partial charge in [0.1, 0.15) is 0 Å². The zero-order valence-electron chi connectivity index (χ0n) is 15.3. The molecule has 0 bridgehead atoms. The largest absolute Gasteiger partial charge is 0.493 e. The lowest BCUT2D eigenvalue weighted by Crippen LogP contribution is -2.13. The van der Waals surface area contributed by atoms with Crippen molar-refractivity contribution in [3.8, 4) is 5.88 Å². The molecule has 136 valence electrons. The second-order valence-corrected chi connectivity index (χ2v) is 7.65. The number of benzene rings is 2. The minimum atomic E-state index is -0.169. The van der Waals surface area contributed by atoms with Crippen LogP contribution in [-0.2, 0) is 13.0 Å². The number of thiazole rings is 1. The van der Waals surface area contributed by atoms with Crippen molar-refractivity contribution in [2.24, 2.45) is 4.99 Å². The fraction of sp³-hybridized carbons (Fsp3) is 0.182. The summed E-state index contributed by atoms with van der Waals surface area (Å²) in [5.41, 5.74) is 6.28. The van der Waals surface area contributed by atoms with E-state index in [1.165, 1.54) is 10.1 Å². The lowest BCUT2D eigenvalue weighted by atomic mass is 10.0. The second-order valence-electron chi connectivity index (χ2n) is 6.65. The van der Waals surface area contributed by atoms with E-state index in [1.54, 1.807) is 6.21 Å². The molecule has 1 aliphatic heterocycles. The molecule has 27 heavy (non-hydrogen) atoms.